The van der Waals surface area contributed by atoms with Crippen molar-refractivity contribution in [3.05, 3.63) is 10.1 Å². The van der Waals surface area contributed by atoms with Crippen LogP contribution in [-0.4, -0.2) is 35.6 Å². The van der Waals surface area contributed by atoms with E-state index in [-0.39, 0.29) is 24.8 Å². The first-order valence-corrected chi connectivity index (χ1v) is 5.72. The van der Waals surface area contributed by atoms with Gasteiger partial charge in [-0.05, 0) is 18.3 Å². The van der Waals surface area contributed by atoms with Crippen LogP contribution in [0.25, 0.3) is 0 Å². The van der Waals surface area contributed by atoms with Gasteiger partial charge < -0.3 is 15.2 Å². The summed E-state index contributed by atoms with van der Waals surface area (Å²) in [5.41, 5.74) is 0. The van der Waals surface area contributed by atoms with E-state index in [9.17, 15) is 19.7 Å². The Labute approximate surface area is 110 Å². The predicted octanol–water partition coefficient (Wildman–Crippen LogP) is 1.02. The minimum atomic E-state index is -1.07. The average molecular weight is 278 g/mol. The third-order valence-electron chi connectivity index (χ3n) is 2.53. The minimum absolute atomic E-state index is 0.0138. The molecular weight excluding hydrogens is 260 g/mol. The van der Waals surface area contributed by atoms with Crippen LogP contribution in [0.1, 0.15) is 26.7 Å². The SMILES string of the molecule is CC(C)[C@H](CCC(=O)O)CNC(=O)OCO[N+](=O)[O-]. The zero-order chi connectivity index (χ0) is 14.8. The van der Waals surface area contributed by atoms with Gasteiger partial charge in [-0.15, -0.1) is 10.1 Å². The normalized spacial score (nSPS) is 11.7. The standard InChI is InChI=1S/C10H18N2O7/c1-7(2)8(3-4-9(13)14)5-11-10(15)18-6-19-12(16)17/h7-8H,3-6H2,1-2H3,(H,11,15)(H,13,14)/t8-/m1/s1. The van der Waals surface area contributed by atoms with Crippen LogP contribution >= 0.6 is 0 Å². The molecule has 0 rings (SSSR count). The molecular formula is C10H18N2O7. The number of carbonyl (C=O) groups is 2. The molecule has 9 nitrogen and oxygen atoms in total. The number of ether oxygens (including phenoxy) is 1. The van der Waals surface area contributed by atoms with E-state index in [2.05, 4.69) is 14.9 Å². The molecule has 1 amide bonds. The topological polar surface area (TPSA) is 128 Å². The molecule has 19 heavy (non-hydrogen) atoms. The average Bonchev–Trinajstić information content (AvgIpc) is 2.27. The lowest BCUT2D eigenvalue weighted by molar-refractivity contribution is -0.765. The number of amides is 1. The largest absolute Gasteiger partial charge is 0.481 e. The van der Waals surface area contributed by atoms with Crippen LogP contribution in [0.15, 0.2) is 0 Å². The Balaban J connectivity index is 3.93. The number of nitrogens with zero attached hydrogens (tertiary/aromatic N) is 1. The molecule has 0 aliphatic rings. The van der Waals surface area contributed by atoms with Crippen LogP contribution in [0.3, 0.4) is 0 Å². The highest BCUT2D eigenvalue weighted by Crippen LogP contribution is 2.16. The molecule has 0 aromatic carbocycles. The minimum Gasteiger partial charge on any atom is -0.481 e. The number of nitrogens with one attached hydrogen (secondary N) is 1. The van der Waals surface area contributed by atoms with E-state index in [1.165, 1.54) is 0 Å². The summed E-state index contributed by atoms with van der Waals surface area (Å²) in [7, 11) is 0. The van der Waals surface area contributed by atoms with Crippen molar-refractivity contribution in [1.29, 1.82) is 0 Å². The van der Waals surface area contributed by atoms with E-state index in [4.69, 9.17) is 5.11 Å². The third kappa shape index (κ3) is 9.62. The molecule has 0 aliphatic carbocycles. The Kier molecular flexibility index (Phi) is 7.98. The highest BCUT2D eigenvalue weighted by molar-refractivity contribution is 5.67. The van der Waals surface area contributed by atoms with Gasteiger partial charge in [0.05, 0.1) is 0 Å². The van der Waals surface area contributed by atoms with Gasteiger partial charge in [-0.3, -0.25) is 9.63 Å². The van der Waals surface area contributed by atoms with Crippen LogP contribution in [0.2, 0.25) is 0 Å². The van der Waals surface area contributed by atoms with Gasteiger partial charge in [0.1, 0.15) is 0 Å². The summed E-state index contributed by atoms with van der Waals surface area (Å²) < 4.78 is 4.38. The summed E-state index contributed by atoms with van der Waals surface area (Å²) in [5, 5.41) is 19.7. The molecule has 0 aliphatic heterocycles. The maximum absolute atomic E-state index is 11.1. The fourth-order valence-corrected chi connectivity index (χ4v) is 1.37. The Hall–Kier alpha value is -2.06. The number of carboxylic acids is 1. The second-order valence-electron chi connectivity index (χ2n) is 4.22. The van der Waals surface area contributed by atoms with E-state index in [1.54, 1.807) is 0 Å². The quantitative estimate of drug-likeness (QED) is 0.366. The van der Waals surface area contributed by atoms with E-state index >= 15 is 0 Å². The Morgan fingerprint density at radius 2 is 2.05 bits per heavy atom. The number of carboxylic acid groups (broad SMARTS) is 1. The van der Waals surface area contributed by atoms with E-state index < -0.39 is 23.9 Å². The van der Waals surface area contributed by atoms with Crippen molar-refractivity contribution in [2.75, 3.05) is 13.3 Å². The van der Waals surface area contributed by atoms with Crippen LogP contribution < -0.4 is 5.32 Å². The van der Waals surface area contributed by atoms with E-state index in [0.29, 0.717) is 6.42 Å². The highest BCUT2D eigenvalue weighted by Gasteiger charge is 2.16. The molecule has 110 valence electrons. The summed E-state index contributed by atoms with van der Waals surface area (Å²) >= 11 is 0. The van der Waals surface area contributed by atoms with Crippen LogP contribution in [0, 0.1) is 22.0 Å². The Morgan fingerprint density at radius 3 is 2.53 bits per heavy atom. The molecule has 0 bridgehead atoms. The van der Waals surface area contributed by atoms with Crippen molar-refractivity contribution in [2.45, 2.75) is 26.7 Å². The lowest BCUT2D eigenvalue weighted by atomic mass is 9.91. The number of carbonyl (C=O) groups excluding carboxylic acids is 1. The maximum atomic E-state index is 11.1. The van der Waals surface area contributed by atoms with E-state index in [1.807, 2.05) is 13.8 Å². The molecule has 0 heterocycles. The first-order valence-electron chi connectivity index (χ1n) is 5.72. The molecule has 0 radical (unpaired) electrons. The van der Waals surface area contributed by atoms with Crippen LogP contribution in [0.4, 0.5) is 4.79 Å². The second-order valence-corrected chi connectivity index (χ2v) is 4.22. The smallest absolute Gasteiger partial charge is 0.409 e. The number of hydrogen-bond acceptors (Lipinski definition) is 6. The van der Waals surface area contributed by atoms with Crippen molar-refractivity contribution in [3.63, 3.8) is 0 Å². The number of alkyl carbamates (subject to hydrolysis) is 1. The van der Waals surface area contributed by atoms with Gasteiger partial charge in [0.25, 0.3) is 5.09 Å². The molecule has 0 unspecified atom stereocenters. The summed E-state index contributed by atoms with van der Waals surface area (Å²) in [6, 6.07) is 0. The van der Waals surface area contributed by atoms with Crippen molar-refractivity contribution >= 4 is 12.1 Å². The molecule has 9 heteroatoms. The molecule has 0 spiro atoms. The van der Waals surface area contributed by atoms with E-state index in [0.717, 1.165) is 0 Å². The van der Waals surface area contributed by atoms with Crippen LogP contribution in [-0.2, 0) is 14.4 Å². The Bertz CT molecular complexity index is 319. The van der Waals surface area contributed by atoms with Gasteiger partial charge in [-0.2, -0.15) is 0 Å². The van der Waals surface area contributed by atoms with Crippen molar-refractivity contribution in [1.82, 2.24) is 5.32 Å². The zero-order valence-corrected chi connectivity index (χ0v) is 10.8. The lowest BCUT2D eigenvalue weighted by Crippen LogP contribution is -2.32. The molecule has 0 aromatic heterocycles. The zero-order valence-electron chi connectivity index (χ0n) is 10.8. The summed E-state index contributed by atoms with van der Waals surface area (Å²) in [6.07, 6.45) is -0.397. The third-order valence-corrected chi connectivity index (χ3v) is 2.53. The second kappa shape index (κ2) is 8.95. The van der Waals surface area contributed by atoms with Gasteiger partial charge >= 0.3 is 12.1 Å². The summed E-state index contributed by atoms with van der Waals surface area (Å²) in [5.74, 6) is -0.720. The lowest BCUT2D eigenvalue weighted by Gasteiger charge is -2.20. The fourth-order valence-electron chi connectivity index (χ4n) is 1.37. The fraction of sp³-hybridized carbons (Fsp3) is 0.800. The summed E-state index contributed by atoms with van der Waals surface area (Å²) in [4.78, 5) is 35.2. The monoisotopic (exact) mass is 278 g/mol. The van der Waals surface area contributed by atoms with Gasteiger partial charge in [0.2, 0.25) is 6.79 Å². The summed E-state index contributed by atoms with van der Waals surface area (Å²) in [6.45, 7) is 3.29. The predicted molar refractivity (Wildman–Crippen MR) is 62.6 cm³/mol. The molecule has 0 aromatic rings. The van der Waals surface area contributed by atoms with Gasteiger partial charge in [-0.25, -0.2) is 4.79 Å². The first-order chi connectivity index (χ1) is 8.82. The number of rotatable bonds is 9. The van der Waals surface area contributed by atoms with Crippen molar-refractivity contribution in [3.8, 4) is 0 Å². The number of hydrogen-bond donors (Lipinski definition) is 2. The van der Waals surface area contributed by atoms with Gasteiger partial charge in [0, 0.05) is 13.0 Å². The molecule has 1 atom stereocenters. The van der Waals surface area contributed by atoms with Gasteiger partial charge in [-0.1, -0.05) is 13.8 Å². The maximum Gasteiger partial charge on any atom is 0.409 e. The van der Waals surface area contributed by atoms with Crippen LogP contribution in [0.5, 0.6) is 0 Å². The molecule has 0 fully saturated rings. The first kappa shape index (κ1) is 16.9. The van der Waals surface area contributed by atoms with Gasteiger partial charge in [0.15, 0.2) is 0 Å². The Morgan fingerprint density at radius 1 is 1.42 bits per heavy atom. The molecule has 0 saturated heterocycles. The molecule has 2 N–H and O–H groups in total. The highest BCUT2D eigenvalue weighted by atomic mass is 17.0. The van der Waals surface area contributed by atoms with Crippen molar-refractivity contribution < 1.29 is 29.4 Å². The number of aliphatic carboxylic acids is 1. The van der Waals surface area contributed by atoms with Crippen molar-refractivity contribution in [2.24, 2.45) is 11.8 Å². The molecule has 0 saturated carbocycles.